The Balaban J connectivity index is 0.00000423. The summed E-state index contributed by atoms with van der Waals surface area (Å²) in [5.74, 6) is 0.891. The van der Waals surface area contributed by atoms with E-state index in [0.717, 1.165) is 30.2 Å². The molecule has 0 radical (unpaired) electrons. The molecule has 1 fully saturated rings. The first-order valence-electron chi connectivity index (χ1n) is 14.4. The maximum absolute atomic E-state index is 6.71. The van der Waals surface area contributed by atoms with Crippen LogP contribution in [-0.2, 0) is 19.5 Å². The summed E-state index contributed by atoms with van der Waals surface area (Å²) in [5.41, 5.74) is 12.8. The summed E-state index contributed by atoms with van der Waals surface area (Å²) in [5, 5.41) is 0.934. The molecule has 0 spiro atoms. The molecule has 4 aromatic rings. The molecule has 43 heavy (non-hydrogen) atoms. The summed E-state index contributed by atoms with van der Waals surface area (Å²) in [4.78, 5) is 14.3. The van der Waals surface area contributed by atoms with E-state index in [9.17, 15) is 0 Å². The third kappa shape index (κ3) is 6.90. The number of aromatic nitrogens is 2. The number of anilines is 2. The van der Waals surface area contributed by atoms with Crippen LogP contribution in [0.5, 0.6) is 0 Å². The Morgan fingerprint density at radius 2 is 1.30 bits per heavy atom. The van der Waals surface area contributed by atoms with E-state index < -0.39 is 0 Å². The molecule has 4 nitrogen and oxygen atoms in total. The molecule has 2 aromatic heterocycles. The maximum atomic E-state index is 6.71. The Labute approximate surface area is 279 Å². The molecule has 1 aliphatic heterocycles. The number of rotatable bonds is 6. The molecule has 1 aliphatic rings. The van der Waals surface area contributed by atoms with Crippen LogP contribution in [0, 0.1) is 41.5 Å². The van der Waals surface area contributed by atoms with Crippen LogP contribution in [0.4, 0.5) is 11.4 Å². The Bertz CT molecular complexity index is 1580. The van der Waals surface area contributed by atoms with Crippen molar-refractivity contribution in [2.45, 2.75) is 54.4 Å². The first-order chi connectivity index (χ1) is 20.0. The summed E-state index contributed by atoms with van der Waals surface area (Å²) < 4.78 is 0. The van der Waals surface area contributed by atoms with E-state index in [4.69, 9.17) is 23.2 Å². The molecule has 2 aromatic carbocycles. The summed E-state index contributed by atoms with van der Waals surface area (Å²) in [6.07, 6.45) is 7.99. The van der Waals surface area contributed by atoms with Gasteiger partial charge in [0.05, 0.1) is 27.4 Å². The molecule has 5 rings (SSSR count). The smallest absolute Gasteiger partial charge is 0.325 e. The van der Waals surface area contributed by atoms with Crippen molar-refractivity contribution in [3.05, 3.63) is 139 Å². The van der Waals surface area contributed by atoms with E-state index in [1.807, 2.05) is 18.2 Å². The minimum atomic E-state index is -0.261. The minimum Gasteiger partial charge on any atom is -0.325 e. The van der Waals surface area contributed by atoms with E-state index in [0.29, 0.717) is 15.7 Å². The van der Waals surface area contributed by atoms with Crippen LogP contribution < -0.4 is 9.80 Å². The summed E-state index contributed by atoms with van der Waals surface area (Å²) in [7, 11) is 0. The SMILES string of the molecule is CC(=CC(c1ccccn1)c1nccc(Cl)c1Cl)C=C1N(c2c(C)cc(C)cc2C)CCN1c1c(C)cc(C)cc1C.[Ru+2]. The van der Waals surface area contributed by atoms with Crippen LogP contribution >= 0.6 is 23.2 Å². The van der Waals surface area contributed by atoms with Crippen LogP contribution in [0.3, 0.4) is 0 Å². The van der Waals surface area contributed by atoms with E-state index in [2.05, 4.69) is 105 Å². The Morgan fingerprint density at radius 3 is 1.79 bits per heavy atom. The van der Waals surface area contributed by atoms with Gasteiger partial charge in [0.1, 0.15) is 5.82 Å². The van der Waals surface area contributed by atoms with Crippen molar-refractivity contribution in [3.63, 3.8) is 0 Å². The van der Waals surface area contributed by atoms with Crippen LogP contribution in [0.25, 0.3) is 0 Å². The summed E-state index contributed by atoms with van der Waals surface area (Å²) in [6.45, 7) is 17.1. The Kier molecular flexibility index (Phi) is 10.5. The van der Waals surface area contributed by atoms with Gasteiger partial charge in [0, 0.05) is 36.9 Å². The number of hydrogen-bond donors (Lipinski definition) is 0. The number of aryl methyl sites for hydroxylation is 6. The zero-order chi connectivity index (χ0) is 30.1. The van der Waals surface area contributed by atoms with Gasteiger partial charge in [0.15, 0.2) is 0 Å². The van der Waals surface area contributed by atoms with Crippen molar-refractivity contribution >= 4 is 34.6 Å². The topological polar surface area (TPSA) is 32.3 Å². The van der Waals surface area contributed by atoms with Crippen molar-refractivity contribution in [1.29, 1.82) is 0 Å². The molecule has 0 saturated carbocycles. The molecule has 0 amide bonds. The van der Waals surface area contributed by atoms with Gasteiger partial charge in [0.25, 0.3) is 0 Å². The molecule has 0 aliphatic carbocycles. The number of hydrogen-bond acceptors (Lipinski definition) is 4. The maximum Gasteiger partial charge on any atom is 2.00 e. The van der Waals surface area contributed by atoms with Crippen molar-refractivity contribution in [2.75, 3.05) is 22.9 Å². The second kappa shape index (κ2) is 13.8. The second-order valence-electron chi connectivity index (χ2n) is 11.4. The molecule has 0 bridgehead atoms. The standard InChI is InChI=1S/C36H38Cl2N4.Ru/c1-22-16-25(4)35(26(5)17-22)41-14-15-42(36-27(6)18-23(2)19-28(36)7)32(41)21-24(3)20-29(31-10-8-9-12-39-31)34-33(38)30(37)11-13-40-34;/h8-13,16-21,29H,14-15H2,1-7H3;/q;+2. The van der Waals surface area contributed by atoms with Gasteiger partial charge >= 0.3 is 19.5 Å². The van der Waals surface area contributed by atoms with Gasteiger partial charge in [-0.2, -0.15) is 0 Å². The summed E-state index contributed by atoms with van der Waals surface area (Å²) in [6, 6.07) is 16.7. The van der Waals surface area contributed by atoms with Gasteiger partial charge in [-0.25, -0.2) is 0 Å². The molecule has 1 saturated heterocycles. The third-order valence-corrected chi connectivity index (χ3v) is 8.68. The Morgan fingerprint density at radius 1 is 0.767 bits per heavy atom. The van der Waals surface area contributed by atoms with Gasteiger partial charge in [-0.05, 0) is 95.0 Å². The summed E-state index contributed by atoms with van der Waals surface area (Å²) >= 11 is 13.1. The molecule has 7 heteroatoms. The predicted octanol–water partition coefficient (Wildman–Crippen LogP) is 9.58. The van der Waals surface area contributed by atoms with Gasteiger partial charge in [-0.3, -0.25) is 9.97 Å². The fraction of sp³-hybridized carbons (Fsp3) is 0.278. The monoisotopic (exact) mass is 698 g/mol. The van der Waals surface area contributed by atoms with Gasteiger partial charge in [-0.1, -0.05) is 76.3 Å². The third-order valence-electron chi connectivity index (χ3n) is 7.87. The first kappa shape index (κ1) is 32.9. The number of benzene rings is 2. The number of halogens is 2. The van der Waals surface area contributed by atoms with Gasteiger partial charge in [0.2, 0.25) is 0 Å². The largest absolute Gasteiger partial charge is 2.00 e. The van der Waals surface area contributed by atoms with Crippen molar-refractivity contribution in [3.8, 4) is 0 Å². The molecular weight excluding hydrogens is 660 g/mol. The fourth-order valence-corrected chi connectivity index (χ4v) is 6.79. The van der Waals surface area contributed by atoms with Crippen LogP contribution in [0.15, 0.2) is 84.5 Å². The van der Waals surface area contributed by atoms with Crippen molar-refractivity contribution in [2.24, 2.45) is 0 Å². The molecule has 0 N–H and O–H groups in total. The zero-order valence-electron chi connectivity index (χ0n) is 25.8. The fourth-order valence-electron chi connectivity index (χ4n) is 6.41. The predicted molar refractivity (Wildman–Crippen MR) is 178 cm³/mol. The van der Waals surface area contributed by atoms with E-state index in [-0.39, 0.29) is 25.4 Å². The number of allylic oxidation sites excluding steroid dienone is 3. The van der Waals surface area contributed by atoms with Crippen LogP contribution in [0.1, 0.15) is 57.6 Å². The minimum absolute atomic E-state index is 0. The van der Waals surface area contributed by atoms with Gasteiger partial charge < -0.3 is 9.80 Å². The molecular formula is C36H38Cl2N4Ru+2. The first-order valence-corrected chi connectivity index (χ1v) is 15.1. The van der Waals surface area contributed by atoms with E-state index in [1.54, 1.807) is 18.5 Å². The van der Waals surface area contributed by atoms with Crippen molar-refractivity contribution in [1.82, 2.24) is 9.97 Å². The molecule has 222 valence electrons. The molecule has 3 heterocycles. The van der Waals surface area contributed by atoms with E-state index in [1.165, 1.54) is 44.8 Å². The quantitative estimate of drug-likeness (QED) is 0.188. The van der Waals surface area contributed by atoms with E-state index >= 15 is 0 Å². The average molecular weight is 699 g/mol. The van der Waals surface area contributed by atoms with Crippen molar-refractivity contribution < 1.29 is 19.5 Å². The zero-order valence-corrected chi connectivity index (χ0v) is 29.1. The number of pyridine rings is 2. The molecule has 1 unspecified atom stereocenters. The second-order valence-corrected chi connectivity index (χ2v) is 12.2. The average Bonchev–Trinajstić information content (AvgIpc) is 3.30. The normalized spacial score (nSPS) is 14.2. The Hall–Kier alpha value is -2.98. The van der Waals surface area contributed by atoms with Crippen LogP contribution in [0.2, 0.25) is 10.0 Å². The number of nitrogens with zero attached hydrogens (tertiary/aromatic N) is 4. The van der Waals surface area contributed by atoms with Gasteiger partial charge in [-0.15, -0.1) is 0 Å². The molecule has 1 atom stereocenters. The van der Waals surface area contributed by atoms with Crippen LogP contribution in [-0.4, -0.2) is 23.1 Å².